The fourth-order valence-corrected chi connectivity index (χ4v) is 2.48. The molecule has 0 amide bonds. The van der Waals surface area contributed by atoms with Crippen molar-refractivity contribution in [1.82, 2.24) is 14.5 Å². The Labute approximate surface area is 117 Å². The van der Waals surface area contributed by atoms with E-state index in [0.29, 0.717) is 0 Å². The summed E-state index contributed by atoms with van der Waals surface area (Å²) >= 11 is 0. The maximum atomic E-state index is 11.8. The molecular formula is C12H12N4O5. The maximum absolute atomic E-state index is 11.8. The summed E-state index contributed by atoms with van der Waals surface area (Å²) in [5.74, 6) is 0. The Balaban J connectivity index is 2.17. The number of aromatic amines is 1. The van der Waals surface area contributed by atoms with E-state index in [9.17, 15) is 15.0 Å². The second-order valence-corrected chi connectivity index (χ2v) is 4.72. The van der Waals surface area contributed by atoms with Crippen molar-refractivity contribution >= 4 is 11.0 Å². The van der Waals surface area contributed by atoms with Gasteiger partial charge >= 0.3 is 0 Å². The van der Waals surface area contributed by atoms with E-state index in [1.165, 1.54) is 17.1 Å². The number of ether oxygens (including phenoxy) is 1. The van der Waals surface area contributed by atoms with E-state index in [1.807, 2.05) is 6.07 Å². The molecule has 9 heteroatoms. The molecule has 3 heterocycles. The van der Waals surface area contributed by atoms with E-state index in [0.717, 1.165) is 0 Å². The van der Waals surface area contributed by atoms with E-state index in [-0.39, 0.29) is 16.6 Å². The van der Waals surface area contributed by atoms with Crippen LogP contribution in [0.5, 0.6) is 0 Å². The second kappa shape index (κ2) is 4.94. The summed E-state index contributed by atoms with van der Waals surface area (Å²) in [4.78, 5) is 18.2. The lowest BCUT2D eigenvalue weighted by molar-refractivity contribution is -0.0508. The zero-order valence-electron chi connectivity index (χ0n) is 10.7. The number of nitriles is 1. The first-order valence-corrected chi connectivity index (χ1v) is 6.19. The highest BCUT2D eigenvalue weighted by Crippen LogP contribution is 2.32. The number of aromatic nitrogens is 3. The van der Waals surface area contributed by atoms with Gasteiger partial charge in [0, 0.05) is 6.20 Å². The molecule has 4 N–H and O–H groups in total. The molecule has 0 bridgehead atoms. The summed E-state index contributed by atoms with van der Waals surface area (Å²) in [6.45, 7) is -0.465. The number of hydrogen-bond acceptors (Lipinski definition) is 7. The van der Waals surface area contributed by atoms with Crippen molar-refractivity contribution in [2.75, 3.05) is 6.61 Å². The van der Waals surface area contributed by atoms with Gasteiger partial charge in [0.15, 0.2) is 11.9 Å². The number of fused-ring (bicyclic) bond motifs is 1. The molecule has 1 aliphatic rings. The summed E-state index contributed by atoms with van der Waals surface area (Å²) in [7, 11) is 0. The number of rotatable bonds is 2. The van der Waals surface area contributed by atoms with Gasteiger partial charge in [0.2, 0.25) is 0 Å². The fraction of sp³-hybridized carbons (Fsp3) is 0.417. The lowest BCUT2D eigenvalue weighted by atomic mass is 10.1. The van der Waals surface area contributed by atoms with E-state index < -0.39 is 36.7 Å². The number of nitrogens with zero attached hydrogens (tertiary/aromatic N) is 3. The third kappa shape index (κ3) is 1.93. The highest BCUT2D eigenvalue weighted by atomic mass is 16.6. The zero-order valence-corrected chi connectivity index (χ0v) is 10.7. The first kappa shape index (κ1) is 13.7. The molecule has 21 heavy (non-hydrogen) atoms. The molecule has 1 aliphatic heterocycles. The van der Waals surface area contributed by atoms with Crippen molar-refractivity contribution in [1.29, 1.82) is 5.26 Å². The van der Waals surface area contributed by atoms with Gasteiger partial charge in [0.25, 0.3) is 5.56 Å². The fourth-order valence-electron chi connectivity index (χ4n) is 2.48. The van der Waals surface area contributed by atoms with Crippen LogP contribution in [0.1, 0.15) is 11.8 Å². The highest BCUT2D eigenvalue weighted by Gasteiger charge is 2.44. The standard InChI is InChI=1S/C12H12N4O5/c13-1-5-2-16(10-7(5)11(20)15-4-14-10)12-9(19)8(18)6(3-17)21-12/h2,4,6,8-9,12,17-19H,3H2,(H,14,15,20)/t6?,8-,9?,12-/m1/s1. The Morgan fingerprint density at radius 1 is 1.48 bits per heavy atom. The van der Waals surface area contributed by atoms with Gasteiger partial charge in [0.05, 0.1) is 18.5 Å². The van der Waals surface area contributed by atoms with Gasteiger partial charge in [-0.1, -0.05) is 0 Å². The van der Waals surface area contributed by atoms with Gasteiger partial charge in [0.1, 0.15) is 29.8 Å². The van der Waals surface area contributed by atoms with Gasteiger partial charge in [-0.2, -0.15) is 5.26 Å². The molecule has 0 aliphatic carbocycles. The monoisotopic (exact) mass is 292 g/mol. The summed E-state index contributed by atoms with van der Waals surface area (Å²) in [6.07, 6.45) is -2.09. The Morgan fingerprint density at radius 2 is 2.24 bits per heavy atom. The Bertz CT molecular complexity index is 776. The molecule has 2 aromatic rings. The topological polar surface area (TPSA) is 144 Å². The quantitative estimate of drug-likeness (QED) is 0.511. The lowest BCUT2D eigenvalue weighted by Crippen LogP contribution is -2.33. The number of nitrogens with one attached hydrogen (secondary N) is 1. The van der Waals surface area contributed by atoms with Crippen molar-refractivity contribution in [2.45, 2.75) is 24.5 Å². The van der Waals surface area contributed by atoms with Gasteiger partial charge in [-0.05, 0) is 0 Å². The van der Waals surface area contributed by atoms with Gasteiger partial charge in [-0.3, -0.25) is 4.79 Å². The van der Waals surface area contributed by atoms with Crippen LogP contribution >= 0.6 is 0 Å². The minimum atomic E-state index is -1.31. The Morgan fingerprint density at radius 3 is 2.86 bits per heavy atom. The van der Waals surface area contributed by atoms with Crippen molar-refractivity contribution in [3.63, 3.8) is 0 Å². The number of hydrogen-bond donors (Lipinski definition) is 4. The summed E-state index contributed by atoms with van der Waals surface area (Å²) in [5.41, 5.74) is -0.246. The molecule has 9 nitrogen and oxygen atoms in total. The third-order valence-corrected chi connectivity index (χ3v) is 3.53. The molecule has 2 aromatic heterocycles. The summed E-state index contributed by atoms with van der Waals surface area (Å²) < 4.78 is 6.69. The van der Waals surface area contributed by atoms with Crippen LogP contribution in [0, 0.1) is 11.3 Å². The first-order chi connectivity index (χ1) is 10.1. The molecule has 0 radical (unpaired) electrons. The van der Waals surface area contributed by atoms with Crippen LogP contribution in [0.15, 0.2) is 17.3 Å². The van der Waals surface area contributed by atoms with Crippen molar-refractivity contribution in [3.8, 4) is 6.07 Å². The predicted molar refractivity (Wildman–Crippen MR) is 68.1 cm³/mol. The molecule has 4 atom stereocenters. The predicted octanol–water partition coefficient (Wildman–Crippen LogP) is -1.79. The van der Waals surface area contributed by atoms with Crippen molar-refractivity contribution in [3.05, 3.63) is 28.4 Å². The maximum Gasteiger partial charge on any atom is 0.261 e. The summed E-state index contributed by atoms with van der Waals surface area (Å²) in [6, 6.07) is 1.88. The number of H-pyrrole nitrogens is 1. The minimum Gasteiger partial charge on any atom is -0.394 e. The Hall–Kier alpha value is -2.25. The van der Waals surface area contributed by atoms with Gasteiger partial charge in [-0.25, -0.2) is 4.98 Å². The molecule has 110 valence electrons. The van der Waals surface area contributed by atoms with Crippen LogP contribution in [-0.4, -0.2) is 54.8 Å². The average Bonchev–Trinajstić information content (AvgIpc) is 2.99. The Kier molecular flexibility index (Phi) is 3.23. The van der Waals surface area contributed by atoms with Crippen LogP contribution in [0.2, 0.25) is 0 Å². The molecule has 3 rings (SSSR count). The zero-order chi connectivity index (χ0) is 15.1. The SMILES string of the molecule is N#Cc1cn([C@@H]2OC(CO)[C@@H](O)C2O)c2nc[nH]c(=O)c12. The van der Waals surface area contributed by atoms with E-state index in [4.69, 9.17) is 15.1 Å². The van der Waals surface area contributed by atoms with E-state index >= 15 is 0 Å². The molecule has 1 fully saturated rings. The molecule has 2 unspecified atom stereocenters. The smallest absolute Gasteiger partial charge is 0.261 e. The van der Waals surface area contributed by atoms with E-state index in [2.05, 4.69) is 9.97 Å². The normalized spacial score (nSPS) is 28.9. The molecule has 0 spiro atoms. The van der Waals surface area contributed by atoms with Crippen LogP contribution < -0.4 is 5.56 Å². The summed E-state index contributed by atoms with van der Waals surface area (Å²) in [5, 5.41) is 38.1. The number of aliphatic hydroxyl groups excluding tert-OH is 3. The average molecular weight is 292 g/mol. The largest absolute Gasteiger partial charge is 0.394 e. The second-order valence-electron chi connectivity index (χ2n) is 4.72. The molecule has 0 aromatic carbocycles. The molecular weight excluding hydrogens is 280 g/mol. The number of aliphatic hydroxyl groups is 3. The van der Waals surface area contributed by atoms with Crippen LogP contribution in [-0.2, 0) is 4.74 Å². The first-order valence-electron chi connectivity index (χ1n) is 6.19. The molecule has 1 saturated heterocycles. The molecule has 0 saturated carbocycles. The van der Waals surface area contributed by atoms with Crippen molar-refractivity contribution < 1.29 is 20.1 Å². The third-order valence-electron chi connectivity index (χ3n) is 3.53. The van der Waals surface area contributed by atoms with Gasteiger partial charge < -0.3 is 29.6 Å². The van der Waals surface area contributed by atoms with E-state index in [1.54, 1.807) is 0 Å². The van der Waals surface area contributed by atoms with Crippen molar-refractivity contribution in [2.24, 2.45) is 0 Å². The van der Waals surface area contributed by atoms with Crippen LogP contribution in [0.4, 0.5) is 0 Å². The highest BCUT2D eigenvalue weighted by molar-refractivity contribution is 5.82. The lowest BCUT2D eigenvalue weighted by Gasteiger charge is -2.16. The van der Waals surface area contributed by atoms with Crippen LogP contribution in [0.3, 0.4) is 0 Å². The van der Waals surface area contributed by atoms with Gasteiger partial charge in [-0.15, -0.1) is 0 Å². The minimum absolute atomic E-state index is 0.0806. The van der Waals surface area contributed by atoms with Crippen LogP contribution in [0.25, 0.3) is 11.0 Å².